The van der Waals surface area contributed by atoms with Gasteiger partial charge in [0.2, 0.25) is 0 Å². The molecular weight excluding hydrogens is 386 g/mol. The van der Waals surface area contributed by atoms with Crippen molar-refractivity contribution in [1.29, 1.82) is 0 Å². The van der Waals surface area contributed by atoms with Gasteiger partial charge in [-0.2, -0.15) is 4.40 Å². The van der Waals surface area contributed by atoms with Crippen molar-refractivity contribution < 1.29 is 13.9 Å². The van der Waals surface area contributed by atoms with Gasteiger partial charge in [-0.25, -0.2) is 4.98 Å². The van der Waals surface area contributed by atoms with Crippen molar-refractivity contribution in [2.75, 3.05) is 13.7 Å². The number of para-hydroxylation sites is 1. The average Bonchev–Trinajstić information content (AvgIpc) is 3.14. The predicted octanol–water partition coefficient (Wildman–Crippen LogP) is 4.05. The van der Waals surface area contributed by atoms with Crippen molar-refractivity contribution >= 4 is 23.0 Å². The van der Waals surface area contributed by atoms with Crippen LogP contribution in [0.1, 0.15) is 16.2 Å². The predicted molar refractivity (Wildman–Crippen MR) is 113 cm³/mol. The third-order valence-electron chi connectivity index (χ3n) is 4.80. The standard InChI is InChI=1S/C23H20ClN3O2/c1-29-20-11-3-2-7-16(20)12-13-25-23(28)22-26-21(17-8-6-9-18(24)15-17)19-10-4-5-14-27(19)22/h2-11,14-15H,12-13H2,1H3,(H,25,28)/p+1. The van der Waals surface area contributed by atoms with Crippen LogP contribution in [0.2, 0.25) is 5.02 Å². The number of pyridine rings is 1. The molecule has 1 amide bonds. The number of nitrogens with one attached hydrogen (secondary N) is 2. The second-order valence-electron chi connectivity index (χ2n) is 6.63. The summed E-state index contributed by atoms with van der Waals surface area (Å²) in [7, 11) is 1.65. The molecule has 0 aliphatic carbocycles. The number of carbonyl (C=O) groups is 1. The van der Waals surface area contributed by atoms with Crippen LogP contribution in [0.25, 0.3) is 16.8 Å². The van der Waals surface area contributed by atoms with Gasteiger partial charge in [0.15, 0.2) is 11.2 Å². The summed E-state index contributed by atoms with van der Waals surface area (Å²) in [5, 5.41) is 3.64. The molecule has 0 bridgehead atoms. The van der Waals surface area contributed by atoms with Gasteiger partial charge in [-0.05, 0) is 42.3 Å². The number of amides is 1. The Kier molecular flexibility index (Phi) is 5.49. The summed E-state index contributed by atoms with van der Waals surface area (Å²) in [6, 6.07) is 21.2. The lowest BCUT2D eigenvalue weighted by Gasteiger charge is -2.08. The number of hydrogen-bond donors (Lipinski definition) is 2. The molecule has 2 aromatic heterocycles. The molecule has 0 aliphatic heterocycles. The first kappa shape index (κ1) is 19.0. The number of aromatic amines is 1. The summed E-state index contributed by atoms with van der Waals surface area (Å²) in [5.41, 5.74) is 3.74. The normalized spacial score (nSPS) is 10.8. The molecule has 5 nitrogen and oxygen atoms in total. The van der Waals surface area contributed by atoms with Crippen LogP contribution in [0.4, 0.5) is 0 Å². The van der Waals surface area contributed by atoms with E-state index in [1.54, 1.807) is 7.11 Å². The van der Waals surface area contributed by atoms with E-state index in [-0.39, 0.29) is 5.91 Å². The summed E-state index contributed by atoms with van der Waals surface area (Å²) in [5.74, 6) is 1.12. The van der Waals surface area contributed by atoms with Crippen LogP contribution in [-0.2, 0) is 6.42 Å². The van der Waals surface area contributed by atoms with Crippen LogP contribution in [0, 0.1) is 0 Å². The highest BCUT2D eigenvalue weighted by Gasteiger charge is 2.25. The van der Waals surface area contributed by atoms with E-state index in [1.807, 2.05) is 77.3 Å². The number of ether oxygens (including phenoxy) is 1. The van der Waals surface area contributed by atoms with E-state index in [2.05, 4.69) is 10.3 Å². The van der Waals surface area contributed by atoms with E-state index in [0.29, 0.717) is 23.8 Å². The molecule has 0 spiro atoms. The summed E-state index contributed by atoms with van der Waals surface area (Å²) >= 11 is 6.16. The number of methoxy groups -OCH3 is 1. The Bertz CT molecular complexity index is 1170. The molecule has 0 unspecified atom stereocenters. The Labute approximate surface area is 173 Å². The number of hydrogen-bond acceptors (Lipinski definition) is 2. The molecule has 0 aliphatic rings. The molecule has 0 fully saturated rings. The first-order chi connectivity index (χ1) is 14.2. The van der Waals surface area contributed by atoms with Gasteiger partial charge < -0.3 is 10.1 Å². The van der Waals surface area contributed by atoms with Crippen molar-refractivity contribution in [2.45, 2.75) is 6.42 Å². The van der Waals surface area contributed by atoms with Gasteiger partial charge in [-0.15, -0.1) is 0 Å². The van der Waals surface area contributed by atoms with Crippen molar-refractivity contribution in [3.05, 3.63) is 89.3 Å². The molecule has 4 aromatic rings. The second kappa shape index (κ2) is 8.37. The molecule has 0 atom stereocenters. The number of rotatable bonds is 6. The Morgan fingerprint density at radius 3 is 2.76 bits per heavy atom. The quantitative estimate of drug-likeness (QED) is 0.474. The smallest absolute Gasteiger partial charge is 0.351 e. The van der Waals surface area contributed by atoms with Crippen LogP contribution < -0.4 is 14.5 Å². The van der Waals surface area contributed by atoms with Gasteiger partial charge in [0.25, 0.3) is 0 Å². The zero-order valence-corrected chi connectivity index (χ0v) is 16.7. The maximum atomic E-state index is 12.9. The SMILES string of the molecule is COc1ccccc1CCNC(=O)c1[nH]c(-c2cccc(Cl)c2)c2cccc[n+]12. The van der Waals surface area contributed by atoms with Crippen molar-refractivity contribution in [1.82, 2.24) is 10.3 Å². The van der Waals surface area contributed by atoms with Crippen LogP contribution >= 0.6 is 11.6 Å². The lowest BCUT2D eigenvalue weighted by atomic mass is 10.1. The maximum absolute atomic E-state index is 12.9. The molecule has 4 rings (SSSR count). The van der Waals surface area contributed by atoms with Crippen molar-refractivity contribution in [3.63, 3.8) is 0 Å². The summed E-state index contributed by atoms with van der Waals surface area (Å²) in [6.07, 6.45) is 2.55. The van der Waals surface area contributed by atoms with Gasteiger partial charge in [-0.3, -0.25) is 4.79 Å². The highest BCUT2D eigenvalue weighted by Crippen LogP contribution is 2.24. The van der Waals surface area contributed by atoms with Gasteiger partial charge in [0, 0.05) is 17.1 Å². The molecule has 2 aromatic carbocycles. The molecule has 2 heterocycles. The average molecular weight is 407 g/mol. The fourth-order valence-corrected chi connectivity index (χ4v) is 3.61. The number of fused-ring (bicyclic) bond motifs is 1. The lowest BCUT2D eigenvalue weighted by Crippen LogP contribution is -2.35. The Morgan fingerprint density at radius 2 is 1.93 bits per heavy atom. The number of halogens is 1. The number of nitrogens with zero attached hydrogens (tertiary/aromatic N) is 1. The topological polar surface area (TPSA) is 58.2 Å². The van der Waals surface area contributed by atoms with Gasteiger partial charge in [0.1, 0.15) is 5.75 Å². The molecule has 0 radical (unpaired) electrons. The summed E-state index contributed by atoms with van der Waals surface area (Å²) < 4.78 is 7.23. The Morgan fingerprint density at radius 1 is 1.10 bits per heavy atom. The maximum Gasteiger partial charge on any atom is 0.351 e. The van der Waals surface area contributed by atoms with Crippen molar-refractivity contribution in [2.24, 2.45) is 0 Å². The van der Waals surface area contributed by atoms with Gasteiger partial charge >= 0.3 is 11.7 Å². The van der Waals surface area contributed by atoms with E-state index < -0.39 is 0 Å². The third kappa shape index (κ3) is 3.96. The van der Waals surface area contributed by atoms with Crippen molar-refractivity contribution in [3.8, 4) is 17.0 Å². The number of aromatic nitrogens is 2. The summed E-state index contributed by atoms with van der Waals surface area (Å²) in [6.45, 7) is 0.500. The molecular formula is C23H21ClN3O2+. The molecule has 0 saturated heterocycles. The monoisotopic (exact) mass is 406 g/mol. The number of imidazole rings is 1. The number of carbonyl (C=O) groups excluding carboxylic acids is 1. The lowest BCUT2D eigenvalue weighted by molar-refractivity contribution is -0.513. The van der Waals surface area contributed by atoms with Crippen LogP contribution in [0.3, 0.4) is 0 Å². The third-order valence-corrected chi connectivity index (χ3v) is 5.04. The fourth-order valence-electron chi connectivity index (χ4n) is 3.42. The second-order valence-corrected chi connectivity index (χ2v) is 7.07. The highest BCUT2D eigenvalue weighted by atomic mass is 35.5. The van der Waals surface area contributed by atoms with E-state index in [0.717, 1.165) is 28.1 Å². The largest absolute Gasteiger partial charge is 0.496 e. The molecule has 146 valence electrons. The van der Waals surface area contributed by atoms with Gasteiger partial charge in [0.05, 0.1) is 13.3 Å². The first-order valence-corrected chi connectivity index (χ1v) is 9.73. The minimum atomic E-state index is -0.172. The van der Waals surface area contributed by atoms with E-state index in [9.17, 15) is 4.79 Å². The fraction of sp³-hybridized carbons (Fsp3) is 0.130. The minimum absolute atomic E-state index is 0.172. The Balaban J connectivity index is 1.58. The molecule has 2 N–H and O–H groups in total. The number of benzene rings is 2. The van der Waals surface area contributed by atoms with Gasteiger partial charge in [-0.1, -0.05) is 48.0 Å². The summed E-state index contributed by atoms with van der Waals surface area (Å²) in [4.78, 5) is 16.2. The van der Waals surface area contributed by atoms with Crippen LogP contribution in [-0.4, -0.2) is 24.5 Å². The van der Waals surface area contributed by atoms with E-state index in [1.165, 1.54) is 0 Å². The first-order valence-electron chi connectivity index (χ1n) is 9.36. The van der Waals surface area contributed by atoms with Crippen LogP contribution in [0.5, 0.6) is 5.75 Å². The molecule has 29 heavy (non-hydrogen) atoms. The van der Waals surface area contributed by atoms with E-state index in [4.69, 9.17) is 16.3 Å². The number of H-pyrrole nitrogens is 1. The van der Waals surface area contributed by atoms with E-state index >= 15 is 0 Å². The zero-order valence-electron chi connectivity index (χ0n) is 16.0. The van der Waals surface area contributed by atoms with Crippen LogP contribution in [0.15, 0.2) is 72.9 Å². The minimum Gasteiger partial charge on any atom is -0.496 e. The molecule has 6 heteroatoms. The Hall–Kier alpha value is -3.31. The zero-order chi connectivity index (χ0) is 20.2. The highest BCUT2D eigenvalue weighted by molar-refractivity contribution is 6.30. The molecule has 0 saturated carbocycles.